The number of rotatable bonds is 6. The van der Waals surface area contributed by atoms with Crippen LogP contribution in [0.3, 0.4) is 0 Å². The average molecular weight is 540 g/mol. The van der Waals surface area contributed by atoms with Gasteiger partial charge in [0.25, 0.3) is 0 Å². The molecule has 1 N–H and O–H groups in total. The first-order valence-electron chi connectivity index (χ1n) is 14.4. The molecule has 0 aromatic carbocycles. The lowest BCUT2D eigenvalue weighted by atomic mass is 9.79. The van der Waals surface area contributed by atoms with Gasteiger partial charge in [-0.2, -0.15) is 0 Å². The van der Waals surface area contributed by atoms with Crippen LogP contribution < -0.4 is 4.74 Å². The van der Waals surface area contributed by atoms with Gasteiger partial charge in [0.15, 0.2) is 11.7 Å². The molecule has 3 aromatic heterocycles. The van der Waals surface area contributed by atoms with E-state index in [0.717, 1.165) is 34.5 Å². The van der Waals surface area contributed by atoms with Crippen molar-refractivity contribution in [2.75, 3.05) is 0 Å². The van der Waals surface area contributed by atoms with Gasteiger partial charge < -0.3 is 9.40 Å². The van der Waals surface area contributed by atoms with Crippen LogP contribution in [-0.4, -0.2) is 15.0 Å². The van der Waals surface area contributed by atoms with E-state index in [1.54, 1.807) is 6.33 Å². The molecule has 39 heavy (non-hydrogen) atoms. The van der Waals surface area contributed by atoms with Gasteiger partial charge in [-0.05, 0) is 24.0 Å². The zero-order valence-corrected chi connectivity index (χ0v) is 27.7. The molecule has 0 saturated heterocycles. The van der Waals surface area contributed by atoms with Crippen molar-refractivity contribution in [2.24, 2.45) is 0 Å². The number of oxazole rings is 1. The zero-order valence-electron chi connectivity index (χ0n) is 27.7. The number of aromatic amines is 1. The number of nitrogens with zero attached hydrogens (tertiary/aromatic N) is 3. The highest BCUT2D eigenvalue weighted by molar-refractivity contribution is 5.30. The summed E-state index contributed by atoms with van der Waals surface area (Å²) in [6.45, 7) is 36.2. The minimum Gasteiger partial charge on any atom is -0.445 e. The molecule has 0 aliphatic carbocycles. The molecule has 0 unspecified atom stereocenters. The molecule has 0 atom stereocenters. The van der Waals surface area contributed by atoms with Crippen LogP contribution in [0.5, 0.6) is 0 Å². The summed E-state index contributed by atoms with van der Waals surface area (Å²) in [5.74, 6) is 2.73. The Hall–Kier alpha value is -2.37. The summed E-state index contributed by atoms with van der Waals surface area (Å²) in [6.07, 6.45) is 4.67. The fourth-order valence-corrected chi connectivity index (χ4v) is 5.26. The molecule has 0 aliphatic heterocycles. The van der Waals surface area contributed by atoms with E-state index in [4.69, 9.17) is 13.9 Å². The first-order chi connectivity index (χ1) is 17.3. The second kappa shape index (κ2) is 9.62. The van der Waals surface area contributed by atoms with E-state index in [2.05, 4.69) is 127 Å². The minimum atomic E-state index is -0.338. The van der Waals surface area contributed by atoms with Crippen molar-refractivity contribution in [3.8, 4) is 0 Å². The summed E-state index contributed by atoms with van der Waals surface area (Å²) in [5, 5.41) is 0. The van der Waals surface area contributed by atoms with Gasteiger partial charge in [0.05, 0.1) is 28.7 Å². The van der Waals surface area contributed by atoms with Crippen molar-refractivity contribution in [1.29, 1.82) is 0 Å². The van der Waals surface area contributed by atoms with Crippen LogP contribution in [0, 0.1) is 0 Å². The maximum atomic E-state index is 6.71. The lowest BCUT2D eigenvalue weighted by Crippen LogP contribution is -2.42. The van der Waals surface area contributed by atoms with Crippen molar-refractivity contribution in [1.82, 2.24) is 15.0 Å². The Kier molecular flexibility index (Phi) is 7.69. The number of hydrogen-bond donors (Lipinski definition) is 1. The number of H-pyrrole nitrogens is 1. The van der Waals surface area contributed by atoms with E-state index >= 15 is 0 Å². The molecule has 3 rings (SSSR count). The van der Waals surface area contributed by atoms with Crippen molar-refractivity contribution in [2.45, 2.75) is 156 Å². The first-order valence-corrected chi connectivity index (χ1v) is 14.4. The topological polar surface area (TPSA) is 71.7 Å². The lowest BCUT2D eigenvalue weighted by Gasteiger charge is -2.27. The molecule has 0 aliphatic rings. The van der Waals surface area contributed by atoms with Crippen LogP contribution >= 0.6 is 0 Å². The zero-order chi connectivity index (χ0) is 30.0. The van der Waals surface area contributed by atoms with Gasteiger partial charge in [0.2, 0.25) is 12.7 Å². The fourth-order valence-electron chi connectivity index (χ4n) is 5.26. The summed E-state index contributed by atoms with van der Waals surface area (Å²) in [6, 6.07) is 0. The number of hydrogen-bond acceptors (Lipinski definition) is 4. The third-order valence-electron chi connectivity index (χ3n) is 7.38. The molecule has 0 radical (unpaired) electrons. The van der Waals surface area contributed by atoms with Crippen LogP contribution in [0.15, 0.2) is 21.5 Å². The number of aromatic nitrogens is 4. The van der Waals surface area contributed by atoms with E-state index in [9.17, 15) is 0 Å². The SMILES string of the molecule is CC(C)(C)c1c[n+](CC(C)(C)c2oc(CC(C)(C)c3[nH]cnc3C(C)(C)C)nc2C(C)(C)C)oc1C(C)(C)C. The molecular weight excluding hydrogens is 484 g/mol. The molecule has 0 amide bonds. The van der Waals surface area contributed by atoms with Crippen molar-refractivity contribution < 1.29 is 13.7 Å². The summed E-state index contributed by atoms with van der Waals surface area (Å²) < 4.78 is 15.2. The fraction of sp³-hybridized carbons (Fsp3) is 0.727. The smallest absolute Gasteiger partial charge is 0.223 e. The molecule has 6 heteroatoms. The van der Waals surface area contributed by atoms with Crippen LogP contribution in [0.4, 0.5) is 0 Å². The van der Waals surface area contributed by atoms with Crippen LogP contribution in [0.25, 0.3) is 0 Å². The second-order valence-electron chi connectivity index (χ2n) is 16.9. The highest BCUT2D eigenvalue weighted by Crippen LogP contribution is 2.39. The molecule has 0 spiro atoms. The summed E-state index contributed by atoms with van der Waals surface area (Å²) in [4.78, 5) is 13.2. The predicted molar refractivity (Wildman–Crippen MR) is 159 cm³/mol. The van der Waals surface area contributed by atoms with Crippen LogP contribution in [0.2, 0.25) is 0 Å². The van der Waals surface area contributed by atoms with E-state index in [1.165, 1.54) is 5.56 Å². The van der Waals surface area contributed by atoms with Gasteiger partial charge in [-0.15, -0.1) is 0 Å². The normalized spacial score (nSPS) is 14.4. The van der Waals surface area contributed by atoms with E-state index in [1.807, 2.05) is 4.74 Å². The molecule has 218 valence electrons. The molecule has 3 aromatic rings. The van der Waals surface area contributed by atoms with Crippen molar-refractivity contribution in [3.05, 3.63) is 52.6 Å². The van der Waals surface area contributed by atoms with Crippen LogP contribution in [0.1, 0.15) is 151 Å². The second-order valence-corrected chi connectivity index (χ2v) is 16.9. The largest absolute Gasteiger partial charge is 0.445 e. The average Bonchev–Trinajstić information content (AvgIpc) is 3.43. The monoisotopic (exact) mass is 539 g/mol. The van der Waals surface area contributed by atoms with Gasteiger partial charge in [-0.1, -0.05) is 96.9 Å². The summed E-state index contributed by atoms with van der Waals surface area (Å²) in [5.41, 5.74) is 3.62. The minimum absolute atomic E-state index is 0.0123. The van der Waals surface area contributed by atoms with Gasteiger partial charge in [-0.25, -0.2) is 14.5 Å². The first kappa shape index (κ1) is 31.2. The Morgan fingerprint density at radius 3 is 1.72 bits per heavy atom. The Morgan fingerprint density at radius 2 is 1.26 bits per heavy atom. The molecule has 3 heterocycles. The van der Waals surface area contributed by atoms with Crippen LogP contribution in [-0.2, 0) is 45.5 Å². The molecule has 6 nitrogen and oxygen atoms in total. The van der Waals surface area contributed by atoms with Crippen molar-refractivity contribution in [3.63, 3.8) is 0 Å². The van der Waals surface area contributed by atoms with Crippen molar-refractivity contribution >= 4 is 0 Å². The van der Waals surface area contributed by atoms with Gasteiger partial charge in [0.1, 0.15) is 5.76 Å². The molecular formula is C33H55N4O2+. The Bertz CT molecular complexity index is 1260. The highest BCUT2D eigenvalue weighted by atomic mass is 16.5. The highest BCUT2D eigenvalue weighted by Gasteiger charge is 2.42. The third kappa shape index (κ3) is 6.69. The Balaban J connectivity index is 2.03. The molecule has 0 fully saturated rings. The summed E-state index contributed by atoms with van der Waals surface area (Å²) >= 11 is 0. The Labute approximate surface area is 237 Å². The number of nitrogens with one attached hydrogen (secondary N) is 1. The lowest BCUT2D eigenvalue weighted by molar-refractivity contribution is -0.870. The maximum absolute atomic E-state index is 6.71. The quantitative estimate of drug-likeness (QED) is 0.322. The number of imidazole rings is 1. The standard InChI is InChI=1S/C33H55N4O2/c1-28(2,3)21-18-37(39-26(21)31(10,11)12)19-33(15,16)27-25(30(7,8)9)36-22(38-27)17-32(13,14)24-23(29(4,5)6)34-20-35-24/h18,20H,17,19H2,1-16H3,(H,34,35)/q+1. The van der Waals surface area contributed by atoms with Gasteiger partial charge in [-0.3, -0.25) is 0 Å². The third-order valence-corrected chi connectivity index (χ3v) is 7.38. The van der Waals surface area contributed by atoms with E-state index < -0.39 is 0 Å². The van der Waals surface area contributed by atoms with Gasteiger partial charge >= 0.3 is 0 Å². The molecule has 0 bridgehead atoms. The Morgan fingerprint density at radius 1 is 0.692 bits per heavy atom. The predicted octanol–water partition coefficient (Wildman–Crippen LogP) is 7.97. The summed E-state index contributed by atoms with van der Waals surface area (Å²) in [7, 11) is 0. The molecule has 0 saturated carbocycles. The van der Waals surface area contributed by atoms with Gasteiger partial charge in [0, 0.05) is 33.8 Å². The van der Waals surface area contributed by atoms with E-state index in [0.29, 0.717) is 13.0 Å². The van der Waals surface area contributed by atoms with E-state index in [-0.39, 0.29) is 32.5 Å². The maximum Gasteiger partial charge on any atom is 0.223 e.